The molecule has 0 aliphatic heterocycles. The van der Waals surface area contributed by atoms with Gasteiger partial charge in [0.25, 0.3) is 0 Å². The van der Waals surface area contributed by atoms with Crippen molar-refractivity contribution in [3.8, 4) is 0 Å². The second-order valence-corrected chi connectivity index (χ2v) is 1.99. The van der Waals surface area contributed by atoms with E-state index in [4.69, 9.17) is 4.42 Å². The van der Waals surface area contributed by atoms with Crippen LogP contribution in [0.5, 0.6) is 0 Å². The normalized spacial score (nSPS) is 9.45. The van der Waals surface area contributed by atoms with Crippen molar-refractivity contribution in [3.05, 3.63) is 40.7 Å². The molecule has 0 saturated carbocycles. The number of hydrogen-bond acceptors (Lipinski definition) is 3. The van der Waals surface area contributed by atoms with E-state index in [-0.39, 0.29) is 5.88 Å². The molecule has 58 valence electrons. The van der Waals surface area contributed by atoms with Crippen LogP contribution in [0.15, 0.2) is 29.2 Å². The predicted octanol–water partition coefficient (Wildman–Crippen LogP) is 1.92. The molecule has 1 aromatic rings. The Hall–Kier alpha value is -1.58. The van der Waals surface area contributed by atoms with E-state index in [9.17, 15) is 10.1 Å². The first-order valence-corrected chi connectivity index (χ1v) is 3.08. The Morgan fingerprint density at radius 2 is 2.45 bits per heavy atom. The van der Waals surface area contributed by atoms with Crippen LogP contribution in [0.3, 0.4) is 0 Å². The SMILES string of the molecule is C=CCc1ccc([N+](=O)[O-])o1. The van der Waals surface area contributed by atoms with E-state index >= 15 is 0 Å². The van der Waals surface area contributed by atoms with Crippen LogP contribution in [-0.4, -0.2) is 4.92 Å². The van der Waals surface area contributed by atoms with Crippen molar-refractivity contribution in [2.45, 2.75) is 6.42 Å². The van der Waals surface area contributed by atoms with Gasteiger partial charge >= 0.3 is 5.88 Å². The number of nitrogens with zero attached hydrogens (tertiary/aromatic N) is 1. The second-order valence-electron chi connectivity index (χ2n) is 1.99. The van der Waals surface area contributed by atoms with E-state index in [1.807, 2.05) is 0 Å². The average Bonchev–Trinajstić information content (AvgIpc) is 2.37. The summed E-state index contributed by atoms with van der Waals surface area (Å²) in [6, 6.07) is 2.90. The molecule has 4 nitrogen and oxygen atoms in total. The summed E-state index contributed by atoms with van der Waals surface area (Å²) in [4.78, 5) is 9.54. The number of allylic oxidation sites excluding steroid dienone is 1. The smallest absolute Gasteiger partial charge is 0.406 e. The van der Waals surface area contributed by atoms with Gasteiger partial charge in [-0.05, 0) is 6.07 Å². The summed E-state index contributed by atoms with van der Waals surface area (Å²) in [5.41, 5.74) is 0. The molecule has 0 aliphatic rings. The minimum Gasteiger partial charge on any atom is -0.406 e. The van der Waals surface area contributed by atoms with Gasteiger partial charge in [0.05, 0.1) is 6.07 Å². The molecule has 0 bridgehead atoms. The highest BCUT2D eigenvalue weighted by atomic mass is 16.6. The first-order valence-electron chi connectivity index (χ1n) is 3.08. The van der Waals surface area contributed by atoms with Gasteiger partial charge in [0.15, 0.2) is 0 Å². The summed E-state index contributed by atoms with van der Waals surface area (Å²) in [7, 11) is 0. The molecule has 0 aliphatic carbocycles. The zero-order valence-corrected chi connectivity index (χ0v) is 5.82. The maximum atomic E-state index is 10.1. The molecule has 0 aromatic carbocycles. The van der Waals surface area contributed by atoms with E-state index in [1.165, 1.54) is 6.07 Å². The minimum absolute atomic E-state index is 0.221. The fourth-order valence-electron chi connectivity index (χ4n) is 0.717. The highest BCUT2D eigenvalue weighted by Gasteiger charge is 2.09. The van der Waals surface area contributed by atoms with Crippen LogP contribution in [0.25, 0.3) is 0 Å². The number of nitro groups is 1. The molecule has 0 spiro atoms. The zero-order chi connectivity index (χ0) is 8.27. The van der Waals surface area contributed by atoms with Crippen LogP contribution in [0.4, 0.5) is 5.88 Å². The van der Waals surface area contributed by atoms with Crippen LogP contribution < -0.4 is 0 Å². The van der Waals surface area contributed by atoms with Gasteiger partial charge in [-0.2, -0.15) is 0 Å². The Morgan fingerprint density at radius 1 is 1.73 bits per heavy atom. The first-order chi connectivity index (χ1) is 5.24. The van der Waals surface area contributed by atoms with Gasteiger partial charge < -0.3 is 4.42 Å². The third kappa shape index (κ3) is 1.67. The van der Waals surface area contributed by atoms with Crippen LogP contribution in [0.1, 0.15) is 5.76 Å². The lowest BCUT2D eigenvalue weighted by Crippen LogP contribution is -1.82. The maximum Gasteiger partial charge on any atom is 0.433 e. The van der Waals surface area contributed by atoms with Crippen LogP contribution in [-0.2, 0) is 6.42 Å². The molecular weight excluding hydrogens is 146 g/mol. The van der Waals surface area contributed by atoms with Crippen molar-refractivity contribution in [2.24, 2.45) is 0 Å². The van der Waals surface area contributed by atoms with Crippen molar-refractivity contribution >= 4 is 5.88 Å². The number of hydrogen-bond donors (Lipinski definition) is 0. The van der Waals surface area contributed by atoms with Gasteiger partial charge in [-0.1, -0.05) is 6.08 Å². The fourth-order valence-corrected chi connectivity index (χ4v) is 0.717. The van der Waals surface area contributed by atoms with Gasteiger partial charge in [-0.15, -0.1) is 6.58 Å². The molecule has 0 fully saturated rings. The van der Waals surface area contributed by atoms with Gasteiger partial charge in [0, 0.05) is 6.42 Å². The van der Waals surface area contributed by atoms with E-state index in [0.717, 1.165) is 0 Å². The molecule has 0 atom stereocenters. The lowest BCUT2D eigenvalue weighted by atomic mass is 10.3. The van der Waals surface area contributed by atoms with Gasteiger partial charge in [0.2, 0.25) is 0 Å². The topological polar surface area (TPSA) is 56.3 Å². The Morgan fingerprint density at radius 3 is 2.91 bits per heavy atom. The highest BCUT2D eigenvalue weighted by Crippen LogP contribution is 2.15. The standard InChI is InChI=1S/C7H7NO3/c1-2-3-6-4-5-7(11-6)8(9)10/h2,4-5H,1,3H2. The summed E-state index contributed by atoms with van der Waals surface area (Å²) in [6.45, 7) is 3.48. The average molecular weight is 153 g/mol. The summed E-state index contributed by atoms with van der Waals surface area (Å²) < 4.78 is 4.82. The molecule has 0 saturated heterocycles. The Labute approximate surface area is 63.3 Å². The molecule has 0 amide bonds. The Balaban J connectivity index is 2.81. The van der Waals surface area contributed by atoms with Crippen LogP contribution in [0, 0.1) is 10.1 Å². The minimum atomic E-state index is -0.563. The van der Waals surface area contributed by atoms with Crippen molar-refractivity contribution in [1.29, 1.82) is 0 Å². The number of furan rings is 1. The van der Waals surface area contributed by atoms with E-state index < -0.39 is 4.92 Å². The van der Waals surface area contributed by atoms with E-state index in [0.29, 0.717) is 12.2 Å². The lowest BCUT2D eigenvalue weighted by Gasteiger charge is -1.84. The molecule has 1 aromatic heterocycles. The second kappa shape index (κ2) is 3.01. The van der Waals surface area contributed by atoms with Crippen molar-refractivity contribution < 1.29 is 9.34 Å². The largest absolute Gasteiger partial charge is 0.433 e. The molecule has 4 heteroatoms. The molecule has 0 unspecified atom stereocenters. The highest BCUT2D eigenvalue weighted by molar-refractivity contribution is 5.18. The van der Waals surface area contributed by atoms with E-state index in [2.05, 4.69) is 6.58 Å². The van der Waals surface area contributed by atoms with Crippen LogP contribution >= 0.6 is 0 Å². The molecule has 1 heterocycles. The summed E-state index contributed by atoms with van der Waals surface area (Å²) in [6.07, 6.45) is 2.15. The summed E-state index contributed by atoms with van der Waals surface area (Å²) >= 11 is 0. The molecule has 1 rings (SSSR count). The third-order valence-corrected chi connectivity index (χ3v) is 1.17. The molecule has 0 N–H and O–H groups in total. The Kier molecular flexibility index (Phi) is 2.06. The van der Waals surface area contributed by atoms with Crippen molar-refractivity contribution in [1.82, 2.24) is 0 Å². The maximum absolute atomic E-state index is 10.1. The molecule has 0 radical (unpaired) electrons. The summed E-state index contributed by atoms with van der Waals surface area (Å²) in [5.74, 6) is 0.341. The monoisotopic (exact) mass is 153 g/mol. The quantitative estimate of drug-likeness (QED) is 0.378. The Bertz CT molecular complexity index is 277. The molecule has 11 heavy (non-hydrogen) atoms. The predicted molar refractivity (Wildman–Crippen MR) is 39.3 cm³/mol. The van der Waals surface area contributed by atoms with Crippen molar-refractivity contribution in [3.63, 3.8) is 0 Å². The van der Waals surface area contributed by atoms with Gasteiger partial charge in [-0.3, -0.25) is 10.1 Å². The fraction of sp³-hybridized carbons (Fsp3) is 0.143. The van der Waals surface area contributed by atoms with Crippen molar-refractivity contribution in [2.75, 3.05) is 0 Å². The number of rotatable bonds is 3. The van der Waals surface area contributed by atoms with Gasteiger partial charge in [0.1, 0.15) is 10.7 Å². The molecular formula is C7H7NO3. The third-order valence-electron chi connectivity index (χ3n) is 1.17. The zero-order valence-electron chi connectivity index (χ0n) is 5.82. The first kappa shape index (κ1) is 7.53. The van der Waals surface area contributed by atoms with Crippen LogP contribution in [0.2, 0.25) is 0 Å². The van der Waals surface area contributed by atoms with E-state index in [1.54, 1.807) is 12.1 Å². The summed E-state index contributed by atoms with van der Waals surface area (Å²) in [5, 5.41) is 10.1. The van der Waals surface area contributed by atoms with Gasteiger partial charge in [-0.25, -0.2) is 0 Å². The lowest BCUT2D eigenvalue weighted by molar-refractivity contribution is -0.402.